The van der Waals surface area contributed by atoms with Gasteiger partial charge in [-0.2, -0.15) is 0 Å². The fourth-order valence-electron chi connectivity index (χ4n) is 3.19. The lowest BCUT2D eigenvalue weighted by Crippen LogP contribution is -2.25. The van der Waals surface area contributed by atoms with E-state index >= 15 is 0 Å². The van der Waals surface area contributed by atoms with Crippen LogP contribution in [-0.2, 0) is 0 Å². The summed E-state index contributed by atoms with van der Waals surface area (Å²) in [6, 6.07) is 0. The predicted molar refractivity (Wildman–Crippen MR) is 69.6 cm³/mol. The molecule has 0 atom stereocenters. The Labute approximate surface area is 99.7 Å². The van der Waals surface area contributed by atoms with E-state index in [1.165, 1.54) is 44.9 Å². The standard InChI is InChI=1S/C14H26N2/c1-11(2)9-14(7-3-4-8-14)10-16-13(15)12-5-6-12/h11-12H,3-10H2,1-2H3,(H2,15,16). The van der Waals surface area contributed by atoms with Crippen molar-refractivity contribution in [3.8, 4) is 0 Å². The third-order valence-electron chi connectivity index (χ3n) is 4.10. The van der Waals surface area contributed by atoms with Gasteiger partial charge in [0.2, 0.25) is 0 Å². The summed E-state index contributed by atoms with van der Waals surface area (Å²) in [7, 11) is 0. The zero-order chi connectivity index (χ0) is 11.6. The lowest BCUT2D eigenvalue weighted by molar-refractivity contribution is 0.245. The number of amidine groups is 1. The summed E-state index contributed by atoms with van der Waals surface area (Å²) in [5.41, 5.74) is 6.49. The quantitative estimate of drug-likeness (QED) is 0.562. The number of aliphatic imine (C=N–C) groups is 1. The van der Waals surface area contributed by atoms with Gasteiger partial charge in [-0.15, -0.1) is 0 Å². The topological polar surface area (TPSA) is 38.4 Å². The Morgan fingerprint density at radius 2 is 1.94 bits per heavy atom. The molecule has 2 N–H and O–H groups in total. The van der Waals surface area contributed by atoms with Crippen LogP contribution in [0.5, 0.6) is 0 Å². The van der Waals surface area contributed by atoms with E-state index in [0.29, 0.717) is 11.3 Å². The molecule has 16 heavy (non-hydrogen) atoms. The molecule has 2 aliphatic carbocycles. The van der Waals surface area contributed by atoms with Crippen molar-refractivity contribution >= 4 is 5.84 Å². The van der Waals surface area contributed by atoms with Crippen molar-refractivity contribution < 1.29 is 0 Å². The molecule has 0 aromatic carbocycles. The van der Waals surface area contributed by atoms with Crippen LogP contribution in [0.2, 0.25) is 0 Å². The maximum atomic E-state index is 6.00. The molecule has 92 valence electrons. The first-order valence-corrected chi connectivity index (χ1v) is 6.91. The average Bonchev–Trinajstić information content (AvgIpc) is 2.97. The Morgan fingerprint density at radius 3 is 2.44 bits per heavy atom. The maximum Gasteiger partial charge on any atom is 0.0968 e. The van der Waals surface area contributed by atoms with E-state index in [1.54, 1.807) is 0 Å². The van der Waals surface area contributed by atoms with Crippen LogP contribution in [-0.4, -0.2) is 12.4 Å². The molecule has 0 bridgehead atoms. The Kier molecular flexibility index (Phi) is 3.56. The summed E-state index contributed by atoms with van der Waals surface area (Å²) < 4.78 is 0. The minimum Gasteiger partial charge on any atom is -0.387 e. The van der Waals surface area contributed by atoms with Gasteiger partial charge >= 0.3 is 0 Å². The molecule has 0 unspecified atom stereocenters. The second kappa shape index (κ2) is 4.77. The molecule has 0 spiro atoms. The summed E-state index contributed by atoms with van der Waals surface area (Å²) in [5.74, 6) is 2.36. The van der Waals surface area contributed by atoms with Crippen molar-refractivity contribution in [1.82, 2.24) is 0 Å². The second-order valence-corrected chi connectivity index (χ2v) is 6.32. The van der Waals surface area contributed by atoms with Crippen molar-refractivity contribution in [2.75, 3.05) is 6.54 Å². The molecule has 2 aliphatic rings. The smallest absolute Gasteiger partial charge is 0.0968 e. The molecule has 2 heteroatoms. The zero-order valence-electron chi connectivity index (χ0n) is 10.8. The molecule has 0 amide bonds. The van der Waals surface area contributed by atoms with Crippen LogP contribution in [0.25, 0.3) is 0 Å². The first kappa shape index (κ1) is 11.9. The van der Waals surface area contributed by atoms with Crippen LogP contribution < -0.4 is 5.73 Å². The fraction of sp³-hybridized carbons (Fsp3) is 0.929. The van der Waals surface area contributed by atoms with E-state index in [1.807, 2.05) is 0 Å². The van der Waals surface area contributed by atoms with Gasteiger partial charge in [-0.1, -0.05) is 26.7 Å². The monoisotopic (exact) mass is 222 g/mol. The SMILES string of the molecule is CC(C)CC1(CN=C(N)C2CC2)CCCC1. The highest BCUT2D eigenvalue weighted by Crippen LogP contribution is 2.43. The van der Waals surface area contributed by atoms with E-state index in [2.05, 4.69) is 18.8 Å². The molecular weight excluding hydrogens is 196 g/mol. The minimum atomic E-state index is 0.494. The van der Waals surface area contributed by atoms with Gasteiger partial charge in [-0.05, 0) is 43.4 Å². The lowest BCUT2D eigenvalue weighted by Gasteiger charge is -2.29. The first-order chi connectivity index (χ1) is 7.61. The molecule has 0 radical (unpaired) electrons. The number of nitrogens with two attached hydrogens (primary N) is 1. The molecule has 0 aliphatic heterocycles. The molecule has 2 nitrogen and oxygen atoms in total. The van der Waals surface area contributed by atoms with E-state index in [4.69, 9.17) is 5.73 Å². The van der Waals surface area contributed by atoms with Crippen molar-refractivity contribution in [2.24, 2.45) is 28.0 Å². The number of hydrogen-bond acceptors (Lipinski definition) is 1. The summed E-state index contributed by atoms with van der Waals surface area (Å²) in [5, 5.41) is 0. The normalized spacial score (nSPS) is 25.3. The summed E-state index contributed by atoms with van der Waals surface area (Å²) in [6.07, 6.45) is 9.39. The van der Waals surface area contributed by atoms with Gasteiger partial charge < -0.3 is 5.73 Å². The van der Waals surface area contributed by atoms with E-state index in [-0.39, 0.29) is 0 Å². The molecule has 0 aromatic heterocycles. The average molecular weight is 222 g/mol. The van der Waals surface area contributed by atoms with Crippen LogP contribution in [0.15, 0.2) is 4.99 Å². The van der Waals surface area contributed by atoms with Crippen molar-refractivity contribution in [3.63, 3.8) is 0 Å². The minimum absolute atomic E-state index is 0.494. The van der Waals surface area contributed by atoms with Crippen LogP contribution in [0.4, 0.5) is 0 Å². The Morgan fingerprint density at radius 1 is 1.31 bits per heavy atom. The molecule has 2 saturated carbocycles. The van der Waals surface area contributed by atoms with E-state index in [9.17, 15) is 0 Å². The lowest BCUT2D eigenvalue weighted by atomic mass is 9.78. The third-order valence-corrected chi connectivity index (χ3v) is 4.10. The number of rotatable bonds is 5. The number of hydrogen-bond donors (Lipinski definition) is 1. The molecule has 0 heterocycles. The van der Waals surface area contributed by atoms with Gasteiger partial charge in [-0.3, -0.25) is 4.99 Å². The van der Waals surface area contributed by atoms with Gasteiger partial charge in [0.1, 0.15) is 0 Å². The fourth-order valence-corrected chi connectivity index (χ4v) is 3.19. The molecule has 0 aromatic rings. The van der Waals surface area contributed by atoms with E-state index < -0.39 is 0 Å². The van der Waals surface area contributed by atoms with Gasteiger partial charge in [0.05, 0.1) is 5.84 Å². The first-order valence-electron chi connectivity index (χ1n) is 6.91. The van der Waals surface area contributed by atoms with Crippen molar-refractivity contribution in [1.29, 1.82) is 0 Å². The third kappa shape index (κ3) is 2.99. The van der Waals surface area contributed by atoms with Crippen LogP contribution in [0.3, 0.4) is 0 Å². The van der Waals surface area contributed by atoms with Gasteiger partial charge in [0.25, 0.3) is 0 Å². The second-order valence-electron chi connectivity index (χ2n) is 6.32. The Balaban J connectivity index is 1.93. The zero-order valence-corrected chi connectivity index (χ0v) is 10.8. The predicted octanol–water partition coefficient (Wildman–Crippen LogP) is 3.36. The van der Waals surface area contributed by atoms with Gasteiger partial charge in [-0.25, -0.2) is 0 Å². The van der Waals surface area contributed by atoms with Gasteiger partial charge in [0, 0.05) is 12.5 Å². The maximum absolute atomic E-state index is 6.00. The van der Waals surface area contributed by atoms with Crippen molar-refractivity contribution in [2.45, 2.75) is 58.8 Å². The van der Waals surface area contributed by atoms with E-state index in [0.717, 1.165) is 18.3 Å². The Bertz CT molecular complexity index is 258. The van der Waals surface area contributed by atoms with Crippen LogP contribution in [0, 0.1) is 17.3 Å². The number of nitrogens with zero attached hydrogens (tertiary/aromatic N) is 1. The Hall–Kier alpha value is -0.530. The van der Waals surface area contributed by atoms with Crippen molar-refractivity contribution in [3.05, 3.63) is 0 Å². The molecular formula is C14H26N2. The molecule has 2 rings (SSSR count). The van der Waals surface area contributed by atoms with Gasteiger partial charge in [0.15, 0.2) is 0 Å². The molecule has 2 fully saturated rings. The summed E-state index contributed by atoms with van der Waals surface area (Å²) >= 11 is 0. The van der Waals surface area contributed by atoms with Crippen LogP contribution >= 0.6 is 0 Å². The highest BCUT2D eigenvalue weighted by molar-refractivity contribution is 5.84. The molecule has 0 saturated heterocycles. The highest BCUT2D eigenvalue weighted by atomic mass is 14.9. The highest BCUT2D eigenvalue weighted by Gasteiger charge is 2.35. The summed E-state index contributed by atoms with van der Waals surface area (Å²) in [6.45, 7) is 5.65. The summed E-state index contributed by atoms with van der Waals surface area (Å²) in [4.78, 5) is 4.69. The van der Waals surface area contributed by atoms with Crippen LogP contribution in [0.1, 0.15) is 58.8 Å². The largest absolute Gasteiger partial charge is 0.387 e.